The van der Waals surface area contributed by atoms with Crippen LogP contribution in [0.5, 0.6) is 0 Å². The molecule has 1 spiro atoms. The van der Waals surface area contributed by atoms with Crippen molar-refractivity contribution in [2.45, 2.75) is 31.2 Å². The molecule has 0 saturated carbocycles. The summed E-state index contributed by atoms with van der Waals surface area (Å²) < 4.78 is 18.7. The summed E-state index contributed by atoms with van der Waals surface area (Å²) in [6, 6.07) is 6.32. The number of benzene rings is 1. The summed E-state index contributed by atoms with van der Waals surface area (Å²) >= 11 is 0. The van der Waals surface area contributed by atoms with Crippen molar-refractivity contribution in [3.05, 3.63) is 35.6 Å². The number of halogens is 1. The van der Waals surface area contributed by atoms with Crippen LogP contribution in [-0.4, -0.2) is 55.5 Å². The van der Waals surface area contributed by atoms with E-state index in [9.17, 15) is 14.0 Å². The lowest BCUT2D eigenvalue weighted by atomic mass is 9.67. The van der Waals surface area contributed by atoms with Crippen molar-refractivity contribution in [3.8, 4) is 0 Å². The number of ketones is 1. The van der Waals surface area contributed by atoms with Gasteiger partial charge in [0.2, 0.25) is 5.91 Å². The quantitative estimate of drug-likeness (QED) is 0.881. The predicted molar refractivity (Wildman–Crippen MR) is 89.6 cm³/mol. The van der Waals surface area contributed by atoms with Gasteiger partial charge in [0.05, 0.1) is 24.7 Å². The molecule has 0 bridgehead atoms. The first-order chi connectivity index (χ1) is 12.1. The zero-order chi connectivity index (χ0) is 17.4. The highest BCUT2D eigenvalue weighted by Gasteiger charge is 2.52. The molecule has 1 aromatic carbocycles. The van der Waals surface area contributed by atoms with E-state index in [0.717, 1.165) is 5.56 Å². The van der Waals surface area contributed by atoms with Crippen LogP contribution < -0.4 is 5.32 Å². The Kier molecular flexibility index (Phi) is 4.33. The van der Waals surface area contributed by atoms with Gasteiger partial charge in [0.15, 0.2) is 5.78 Å². The Hall–Kier alpha value is -1.79. The van der Waals surface area contributed by atoms with Gasteiger partial charge in [-0.2, -0.15) is 0 Å². The van der Waals surface area contributed by atoms with Crippen LogP contribution in [0.3, 0.4) is 0 Å². The molecular weight excluding hydrogens is 323 g/mol. The third kappa shape index (κ3) is 2.87. The molecule has 3 aliphatic rings. The van der Waals surface area contributed by atoms with Crippen molar-refractivity contribution in [3.63, 3.8) is 0 Å². The molecule has 3 aliphatic heterocycles. The van der Waals surface area contributed by atoms with Gasteiger partial charge in [-0.3, -0.25) is 14.5 Å². The van der Waals surface area contributed by atoms with E-state index < -0.39 is 5.41 Å². The Morgan fingerprint density at radius 2 is 1.88 bits per heavy atom. The number of carbonyl (C=O) groups excluding carboxylic acids is 2. The second-order valence-corrected chi connectivity index (χ2v) is 7.31. The van der Waals surface area contributed by atoms with Gasteiger partial charge in [0.25, 0.3) is 0 Å². The first-order valence-electron chi connectivity index (χ1n) is 8.98. The van der Waals surface area contributed by atoms with E-state index in [-0.39, 0.29) is 29.5 Å². The highest BCUT2D eigenvalue weighted by molar-refractivity contribution is 5.87. The smallest absolute Gasteiger partial charge is 0.227 e. The summed E-state index contributed by atoms with van der Waals surface area (Å²) in [6.45, 7) is 2.99. The molecule has 6 heteroatoms. The van der Waals surface area contributed by atoms with Crippen LogP contribution >= 0.6 is 0 Å². The van der Waals surface area contributed by atoms with Gasteiger partial charge in [-0.05, 0) is 43.6 Å². The Morgan fingerprint density at radius 3 is 2.56 bits per heavy atom. The van der Waals surface area contributed by atoms with E-state index in [1.807, 2.05) is 0 Å². The Morgan fingerprint density at radius 1 is 1.16 bits per heavy atom. The largest absolute Gasteiger partial charge is 0.379 e. The number of nitrogens with zero attached hydrogens (tertiary/aromatic N) is 1. The van der Waals surface area contributed by atoms with E-state index in [0.29, 0.717) is 52.1 Å². The van der Waals surface area contributed by atoms with Crippen LogP contribution in [0.15, 0.2) is 24.3 Å². The second kappa shape index (κ2) is 6.50. The fraction of sp³-hybridized carbons (Fsp3) is 0.579. The first-order valence-corrected chi connectivity index (χ1v) is 8.98. The lowest BCUT2D eigenvalue weighted by Gasteiger charge is -2.44. The number of hydrogen-bond donors (Lipinski definition) is 1. The molecule has 1 N–H and O–H groups in total. The third-order valence-corrected chi connectivity index (χ3v) is 6.13. The van der Waals surface area contributed by atoms with E-state index in [1.54, 1.807) is 12.1 Å². The molecule has 2 unspecified atom stereocenters. The van der Waals surface area contributed by atoms with Gasteiger partial charge < -0.3 is 10.1 Å². The highest BCUT2D eigenvalue weighted by Crippen LogP contribution is 2.48. The van der Waals surface area contributed by atoms with E-state index in [2.05, 4.69) is 10.2 Å². The fourth-order valence-corrected chi connectivity index (χ4v) is 4.60. The summed E-state index contributed by atoms with van der Waals surface area (Å²) in [5, 5.41) is 3.00. The van der Waals surface area contributed by atoms with Crippen LogP contribution in [0.1, 0.15) is 30.7 Å². The molecule has 3 fully saturated rings. The van der Waals surface area contributed by atoms with E-state index in [1.165, 1.54) is 12.1 Å². The number of ether oxygens (including phenoxy) is 1. The second-order valence-electron chi connectivity index (χ2n) is 7.31. The number of carbonyl (C=O) groups is 2. The van der Waals surface area contributed by atoms with E-state index >= 15 is 0 Å². The van der Waals surface area contributed by atoms with E-state index in [4.69, 9.17) is 4.74 Å². The van der Waals surface area contributed by atoms with Gasteiger partial charge in [-0.1, -0.05) is 12.1 Å². The number of rotatable bonds is 2. The lowest BCUT2D eigenvalue weighted by Crippen LogP contribution is -2.54. The number of nitrogens with one attached hydrogen (secondary N) is 1. The minimum absolute atomic E-state index is 0.0565. The number of likely N-dealkylation sites (tertiary alicyclic amines) is 1. The lowest BCUT2D eigenvalue weighted by molar-refractivity contribution is -0.137. The zero-order valence-corrected chi connectivity index (χ0v) is 14.2. The number of piperidine rings is 1. The molecule has 134 valence electrons. The summed E-state index contributed by atoms with van der Waals surface area (Å²) in [5.41, 5.74) is 0.553. The van der Waals surface area contributed by atoms with Crippen molar-refractivity contribution in [2.24, 2.45) is 5.41 Å². The van der Waals surface area contributed by atoms with Crippen molar-refractivity contribution in [1.82, 2.24) is 10.2 Å². The minimum Gasteiger partial charge on any atom is -0.379 e. The molecular formula is C19H23FN2O3. The van der Waals surface area contributed by atoms with Crippen LogP contribution in [0.25, 0.3) is 0 Å². The van der Waals surface area contributed by atoms with Gasteiger partial charge in [-0.15, -0.1) is 0 Å². The van der Waals surface area contributed by atoms with Gasteiger partial charge in [-0.25, -0.2) is 4.39 Å². The van der Waals surface area contributed by atoms with Crippen molar-refractivity contribution >= 4 is 11.7 Å². The average molecular weight is 346 g/mol. The van der Waals surface area contributed by atoms with Crippen molar-refractivity contribution in [2.75, 3.05) is 32.8 Å². The normalized spacial score (nSPS) is 29.8. The minimum atomic E-state index is -0.451. The Balaban J connectivity index is 1.52. The average Bonchev–Trinajstić information content (AvgIpc) is 2.94. The molecule has 0 radical (unpaired) electrons. The predicted octanol–water partition coefficient (Wildman–Crippen LogP) is 1.48. The SMILES string of the molecule is O=C1CCOCC1N1CCC2(CC1)C(=O)NCC2c1ccc(F)cc1. The number of hydrogen-bond acceptors (Lipinski definition) is 4. The third-order valence-electron chi connectivity index (χ3n) is 6.13. The highest BCUT2D eigenvalue weighted by atomic mass is 19.1. The molecule has 2 atom stereocenters. The monoisotopic (exact) mass is 346 g/mol. The molecule has 5 nitrogen and oxygen atoms in total. The Bertz CT molecular complexity index is 668. The number of Topliss-reactive ketones (excluding diaryl/α,β-unsaturated/α-hetero) is 1. The summed E-state index contributed by atoms with van der Waals surface area (Å²) in [4.78, 5) is 27.0. The maximum absolute atomic E-state index is 13.2. The maximum atomic E-state index is 13.2. The molecule has 1 amide bonds. The molecule has 4 rings (SSSR count). The molecule has 3 saturated heterocycles. The molecule has 0 aromatic heterocycles. The van der Waals surface area contributed by atoms with Gasteiger partial charge in [0.1, 0.15) is 5.82 Å². The summed E-state index contributed by atoms with van der Waals surface area (Å²) in [6.07, 6.45) is 1.90. The van der Waals surface area contributed by atoms with Crippen LogP contribution in [0.2, 0.25) is 0 Å². The van der Waals surface area contributed by atoms with Crippen LogP contribution in [-0.2, 0) is 14.3 Å². The van der Waals surface area contributed by atoms with Crippen molar-refractivity contribution in [1.29, 1.82) is 0 Å². The van der Waals surface area contributed by atoms with Crippen molar-refractivity contribution < 1.29 is 18.7 Å². The maximum Gasteiger partial charge on any atom is 0.227 e. The standard InChI is InChI=1S/C19H23FN2O3/c20-14-3-1-13(2-4-14)15-11-21-18(24)19(15)6-8-22(9-7-19)16-12-25-10-5-17(16)23/h1-4,15-16H,5-12H2,(H,21,24). The topological polar surface area (TPSA) is 58.6 Å². The fourth-order valence-electron chi connectivity index (χ4n) is 4.60. The molecule has 3 heterocycles. The summed E-state index contributed by atoms with van der Waals surface area (Å²) in [7, 11) is 0. The van der Waals surface area contributed by atoms with Crippen LogP contribution in [0, 0.1) is 11.2 Å². The molecule has 0 aliphatic carbocycles. The molecule has 25 heavy (non-hydrogen) atoms. The van der Waals surface area contributed by atoms with Gasteiger partial charge >= 0.3 is 0 Å². The summed E-state index contributed by atoms with van der Waals surface area (Å²) in [5.74, 6) is 0.127. The zero-order valence-electron chi connectivity index (χ0n) is 14.2. The molecule has 1 aromatic rings. The first kappa shape index (κ1) is 16.7. The van der Waals surface area contributed by atoms with Gasteiger partial charge in [0, 0.05) is 18.9 Å². The number of amides is 1. The van der Waals surface area contributed by atoms with Crippen LogP contribution in [0.4, 0.5) is 4.39 Å². The Labute approximate surface area is 146 Å².